The third-order valence-electron chi connectivity index (χ3n) is 4.24. The third kappa shape index (κ3) is 2.06. The van der Waals surface area contributed by atoms with E-state index in [-0.39, 0.29) is 11.0 Å². The lowest BCUT2D eigenvalue weighted by atomic mass is 9.71. The van der Waals surface area contributed by atoms with Gasteiger partial charge in [0.25, 0.3) is 0 Å². The van der Waals surface area contributed by atoms with Crippen molar-refractivity contribution in [3.8, 4) is 5.75 Å². The average Bonchev–Trinajstić information content (AvgIpc) is 2.56. The zero-order valence-electron chi connectivity index (χ0n) is 11.1. The van der Waals surface area contributed by atoms with Gasteiger partial charge >= 0.3 is 0 Å². The van der Waals surface area contributed by atoms with Crippen molar-refractivity contribution in [2.45, 2.75) is 45.6 Å². The molecule has 1 fully saturated rings. The van der Waals surface area contributed by atoms with Gasteiger partial charge in [-0.05, 0) is 42.9 Å². The van der Waals surface area contributed by atoms with E-state index in [9.17, 15) is 0 Å². The summed E-state index contributed by atoms with van der Waals surface area (Å²) >= 11 is 0. The molecule has 2 nitrogen and oxygen atoms in total. The van der Waals surface area contributed by atoms with Crippen molar-refractivity contribution in [3.05, 3.63) is 29.8 Å². The van der Waals surface area contributed by atoms with E-state index in [4.69, 9.17) is 10.5 Å². The molecule has 1 aliphatic carbocycles. The van der Waals surface area contributed by atoms with Crippen molar-refractivity contribution in [2.24, 2.45) is 11.1 Å². The Hall–Kier alpha value is -1.02. The minimum atomic E-state index is -0.208. The first-order valence-corrected chi connectivity index (χ1v) is 6.52. The fourth-order valence-electron chi connectivity index (χ4n) is 2.94. The molecule has 2 heteroatoms. The molecular weight excluding hydrogens is 210 g/mol. The van der Waals surface area contributed by atoms with E-state index < -0.39 is 0 Å². The van der Waals surface area contributed by atoms with Crippen LogP contribution in [0, 0.1) is 5.41 Å². The van der Waals surface area contributed by atoms with Gasteiger partial charge in [0, 0.05) is 5.54 Å². The molecule has 1 aromatic carbocycles. The Labute approximate surface area is 104 Å². The summed E-state index contributed by atoms with van der Waals surface area (Å²) < 4.78 is 5.56. The molecule has 0 heterocycles. The van der Waals surface area contributed by atoms with E-state index in [1.807, 2.05) is 19.1 Å². The van der Waals surface area contributed by atoms with Crippen LogP contribution in [0.5, 0.6) is 5.75 Å². The monoisotopic (exact) mass is 233 g/mol. The first-order chi connectivity index (χ1) is 7.99. The van der Waals surface area contributed by atoms with Crippen molar-refractivity contribution in [1.82, 2.24) is 0 Å². The highest BCUT2D eigenvalue weighted by Crippen LogP contribution is 2.50. The number of hydrogen-bond donors (Lipinski definition) is 1. The normalized spacial score (nSPS) is 27.1. The number of nitrogens with two attached hydrogens (primary N) is 1. The van der Waals surface area contributed by atoms with Crippen LogP contribution in [-0.4, -0.2) is 6.61 Å². The second-order valence-electron chi connectivity index (χ2n) is 5.67. The van der Waals surface area contributed by atoms with Crippen LogP contribution in [0.25, 0.3) is 0 Å². The predicted octanol–water partition coefficient (Wildman–Crippen LogP) is 3.45. The van der Waals surface area contributed by atoms with Crippen molar-refractivity contribution in [3.63, 3.8) is 0 Å². The highest BCUT2D eigenvalue weighted by Gasteiger charge is 2.46. The molecule has 0 bridgehead atoms. The fourth-order valence-corrected chi connectivity index (χ4v) is 2.94. The largest absolute Gasteiger partial charge is 0.494 e. The Balaban J connectivity index is 2.36. The molecule has 0 amide bonds. The molecule has 2 rings (SSSR count). The van der Waals surface area contributed by atoms with Gasteiger partial charge in [0.2, 0.25) is 0 Å². The molecule has 0 radical (unpaired) electrons. The molecule has 1 aromatic rings. The van der Waals surface area contributed by atoms with Crippen LogP contribution in [0.1, 0.15) is 45.6 Å². The summed E-state index contributed by atoms with van der Waals surface area (Å²) in [5, 5.41) is 0. The Morgan fingerprint density at radius 3 is 2.65 bits per heavy atom. The van der Waals surface area contributed by atoms with E-state index in [2.05, 4.69) is 26.0 Å². The van der Waals surface area contributed by atoms with E-state index in [0.717, 1.165) is 12.2 Å². The van der Waals surface area contributed by atoms with Gasteiger partial charge in [-0.15, -0.1) is 0 Å². The molecule has 17 heavy (non-hydrogen) atoms. The maximum Gasteiger partial charge on any atom is 0.119 e. The summed E-state index contributed by atoms with van der Waals surface area (Å²) in [6.45, 7) is 7.25. The third-order valence-corrected chi connectivity index (χ3v) is 4.24. The van der Waals surface area contributed by atoms with Gasteiger partial charge in [-0.3, -0.25) is 0 Å². The summed E-state index contributed by atoms with van der Waals surface area (Å²) in [6, 6.07) is 8.29. The summed E-state index contributed by atoms with van der Waals surface area (Å²) in [4.78, 5) is 0. The lowest BCUT2D eigenvalue weighted by molar-refractivity contribution is 0.209. The van der Waals surface area contributed by atoms with Gasteiger partial charge in [-0.2, -0.15) is 0 Å². The molecule has 94 valence electrons. The summed E-state index contributed by atoms with van der Waals surface area (Å²) in [7, 11) is 0. The Bertz CT molecular complexity index is 400. The van der Waals surface area contributed by atoms with Gasteiger partial charge < -0.3 is 10.5 Å². The van der Waals surface area contributed by atoms with Crippen LogP contribution < -0.4 is 10.5 Å². The molecule has 0 saturated heterocycles. The highest BCUT2D eigenvalue weighted by molar-refractivity contribution is 5.35. The first-order valence-electron chi connectivity index (χ1n) is 6.52. The van der Waals surface area contributed by atoms with Gasteiger partial charge in [0.05, 0.1) is 6.61 Å². The van der Waals surface area contributed by atoms with E-state index in [0.29, 0.717) is 6.61 Å². The summed E-state index contributed by atoms with van der Waals surface area (Å²) in [5.41, 5.74) is 7.84. The van der Waals surface area contributed by atoms with Crippen molar-refractivity contribution in [2.75, 3.05) is 6.61 Å². The molecule has 1 saturated carbocycles. The second kappa shape index (κ2) is 4.34. The van der Waals surface area contributed by atoms with Crippen molar-refractivity contribution >= 4 is 0 Å². The zero-order chi connectivity index (χ0) is 12.5. The molecule has 2 N–H and O–H groups in total. The minimum absolute atomic E-state index is 0.165. The molecule has 1 aliphatic rings. The quantitative estimate of drug-likeness (QED) is 0.868. The SMILES string of the molecule is CCOc1cccc(C2(N)CCCC2(C)C)c1. The summed E-state index contributed by atoms with van der Waals surface area (Å²) in [5.74, 6) is 0.928. The standard InChI is InChI=1S/C15H23NO/c1-4-17-13-8-5-7-12(11-13)15(16)10-6-9-14(15,2)3/h5,7-8,11H,4,6,9-10,16H2,1-3H3. The maximum absolute atomic E-state index is 6.67. The van der Waals surface area contributed by atoms with Gasteiger partial charge in [0.1, 0.15) is 5.75 Å². The van der Waals surface area contributed by atoms with Crippen molar-refractivity contribution in [1.29, 1.82) is 0 Å². The van der Waals surface area contributed by atoms with Gasteiger partial charge in [-0.25, -0.2) is 0 Å². The lowest BCUT2D eigenvalue weighted by Gasteiger charge is -2.38. The fraction of sp³-hybridized carbons (Fsp3) is 0.600. The van der Waals surface area contributed by atoms with Crippen LogP contribution >= 0.6 is 0 Å². The smallest absolute Gasteiger partial charge is 0.119 e. The number of ether oxygens (including phenoxy) is 1. The Morgan fingerprint density at radius 1 is 1.29 bits per heavy atom. The number of rotatable bonds is 3. The van der Waals surface area contributed by atoms with Crippen LogP contribution in [0.15, 0.2) is 24.3 Å². The van der Waals surface area contributed by atoms with Crippen LogP contribution in [0.3, 0.4) is 0 Å². The van der Waals surface area contributed by atoms with E-state index in [1.54, 1.807) is 0 Å². The highest BCUT2D eigenvalue weighted by atomic mass is 16.5. The molecule has 0 aliphatic heterocycles. The first kappa shape index (κ1) is 12.4. The van der Waals surface area contributed by atoms with E-state index in [1.165, 1.54) is 18.4 Å². The molecule has 1 unspecified atom stereocenters. The Kier molecular flexibility index (Phi) is 3.17. The molecule has 0 spiro atoms. The zero-order valence-corrected chi connectivity index (χ0v) is 11.1. The molecule has 1 atom stereocenters. The van der Waals surface area contributed by atoms with Crippen LogP contribution in [-0.2, 0) is 5.54 Å². The van der Waals surface area contributed by atoms with Gasteiger partial charge in [-0.1, -0.05) is 32.4 Å². The molecule has 0 aromatic heterocycles. The average molecular weight is 233 g/mol. The molecular formula is C15H23NO. The lowest BCUT2D eigenvalue weighted by Crippen LogP contribution is -2.45. The van der Waals surface area contributed by atoms with Crippen LogP contribution in [0.4, 0.5) is 0 Å². The topological polar surface area (TPSA) is 35.2 Å². The second-order valence-corrected chi connectivity index (χ2v) is 5.67. The Morgan fingerprint density at radius 2 is 2.06 bits per heavy atom. The predicted molar refractivity (Wildman–Crippen MR) is 71.1 cm³/mol. The van der Waals surface area contributed by atoms with E-state index >= 15 is 0 Å². The summed E-state index contributed by atoms with van der Waals surface area (Å²) in [6.07, 6.45) is 3.47. The number of benzene rings is 1. The van der Waals surface area contributed by atoms with Crippen molar-refractivity contribution < 1.29 is 4.74 Å². The van der Waals surface area contributed by atoms with Crippen LogP contribution in [0.2, 0.25) is 0 Å². The maximum atomic E-state index is 6.67. The van der Waals surface area contributed by atoms with Gasteiger partial charge in [0.15, 0.2) is 0 Å². The number of hydrogen-bond acceptors (Lipinski definition) is 2. The minimum Gasteiger partial charge on any atom is -0.494 e.